The van der Waals surface area contributed by atoms with Crippen LogP contribution in [-0.4, -0.2) is 46.9 Å². The Morgan fingerprint density at radius 2 is 1.76 bits per heavy atom. The van der Waals surface area contributed by atoms with Crippen molar-refractivity contribution in [3.8, 4) is 0 Å². The van der Waals surface area contributed by atoms with Crippen molar-refractivity contribution in [1.29, 1.82) is 0 Å². The zero-order valence-corrected chi connectivity index (χ0v) is 19.8. The molecule has 6 nitrogen and oxygen atoms in total. The van der Waals surface area contributed by atoms with Crippen LogP contribution in [0.5, 0.6) is 0 Å². The van der Waals surface area contributed by atoms with Crippen LogP contribution in [0.1, 0.15) is 37.8 Å². The number of fused-ring (bicyclic) bond motifs is 1. The van der Waals surface area contributed by atoms with E-state index in [4.69, 9.17) is 0 Å². The maximum absolute atomic E-state index is 13.3. The number of aromatic amines is 1. The van der Waals surface area contributed by atoms with E-state index in [9.17, 15) is 14.0 Å². The number of aromatic nitrogens is 1. The Bertz CT molecular complexity index is 1120. The van der Waals surface area contributed by atoms with Gasteiger partial charge in [-0.1, -0.05) is 44.2 Å². The summed E-state index contributed by atoms with van der Waals surface area (Å²) in [6.07, 6.45) is 4.02. The molecule has 4 rings (SSSR count). The average molecular weight is 465 g/mol. The van der Waals surface area contributed by atoms with E-state index in [1.807, 2.05) is 56.4 Å². The highest BCUT2D eigenvalue weighted by Crippen LogP contribution is 2.20. The number of hydrogen-bond donors (Lipinski definition) is 3. The Balaban J connectivity index is 1.36. The molecule has 2 heterocycles. The molecule has 1 unspecified atom stereocenters. The van der Waals surface area contributed by atoms with Crippen LogP contribution in [0.15, 0.2) is 54.7 Å². The van der Waals surface area contributed by atoms with Crippen LogP contribution in [0.4, 0.5) is 4.39 Å². The fourth-order valence-corrected chi connectivity index (χ4v) is 4.45. The Hall–Kier alpha value is -3.19. The predicted molar refractivity (Wildman–Crippen MR) is 132 cm³/mol. The molecule has 3 N–H and O–H groups in total. The molecule has 3 aromatic rings. The second-order valence-electron chi connectivity index (χ2n) is 9.46. The SMILES string of the molecule is CC(C)C(=O)NC(Cc1c[nH]c2ccccc12)C(=O)NC1CCN(Cc2ccc(F)cc2)CC1. The minimum atomic E-state index is -0.633. The van der Waals surface area contributed by atoms with E-state index in [0.29, 0.717) is 6.42 Å². The lowest BCUT2D eigenvalue weighted by Crippen LogP contribution is -2.53. The van der Waals surface area contributed by atoms with Crippen LogP contribution in [0.3, 0.4) is 0 Å². The number of para-hydroxylation sites is 1. The van der Waals surface area contributed by atoms with Crippen molar-refractivity contribution in [2.45, 2.75) is 51.7 Å². The van der Waals surface area contributed by atoms with E-state index in [1.54, 1.807) is 0 Å². The summed E-state index contributed by atoms with van der Waals surface area (Å²) in [6, 6.07) is 14.0. The lowest BCUT2D eigenvalue weighted by Gasteiger charge is -2.33. The summed E-state index contributed by atoms with van der Waals surface area (Å²) in [6.45, 7) is 6.13. The Kier molecular flexibility index (Phi) is 7.63. The molecule has 1 aromatic heterocycles. The molecular formula is C27H33FN4O2. The molecular weight excluding hydrogens is 431 g/mol. The van der Waals surface area contributed by atoms with Crippen LogP contribution in [0.2, 0.25) is 0 Å². The molecule has 180 valence electrons. The van der Waals surface area contributed by atoms with Gasteiger partial charge in [-0.2, -0.15) is 0 Å². The van der Waals surface area contributed by atoms with Crippen LogP contribution >= 0.6 is 0 Å². The number of nitrogens with one attached hydrogen (secondary N) is 3. The second-order valence-corrected chi connectivity index (χ2v) is 9.46. The van der Waals surface area contributed by atoms with Gasteiger partial charge in [0.25, 0.3) is 0 Å². The van der Waals surface area contributed by atoms with Gasteiger partial charge in [-0.3, -0.25) is 14.5 Å². The highest BCUT2D eigenvalue weighted by molar-refractivity contribution is 5.90. The van der Waals surface area contributed by atoms with Gasteiger partial charge in [0.15, 0.2) is 0 Å². The normalized spacial score (nSPS) is 16.0. The van der Waals surface area contributed by atoms with Gasteiger partial charge >= 0.3 is 0 Å². The monoisotopic (exact) mass is 464 g/mol. The number of likely N-dealkylation sites (tertiary alicyclic amines) is 1. The Labute approximate surface area is 199 Å². The zero-order chi connectivity index (χ0) is 24.1. The third-order valence-electron chi connectivity index (χ3n) is 6.51. The van der Waals surface area contributed by atoms with E-state index < -0.39 is 6.04 Å². The second kappa shape index (κ2) is 10.8. The average Bonchev–Trinajstić information content (AvgIpc) is 3.24. The van der Waals surface area contributed by atoms with Gasteiger partial charge < -0.3 is 15.6 Å². The maximum Gasteiger partial charge on any atom is 0.243 e. The summed E-state index contributed by atoms with van der Waals surface area (Å²) in [5.41, 5.74) is 3.10. The first kappa shape index (κ1) is 24.0. The molecule has 1 aliphatic rings. The minimum absolute atomic E-state index is 0.0680. The van der Waals surface area contributed by atoms with E-state index in [-0.39, 0.29) is 29.6 Å². The fraction of sp³-hybridized carbons (Fsp3) is 0.407. The summed E-state index contributed by atoms with van der Waals surface area (Å²) in [5, 5.41) is 7.19. The largest absolute Gasteiger partial charge is 0.361 e. The first-order valence-electron chi connectivity index (χ1n) is 12.0. The molecule has 0 aliphatic carbocycles. The van der Waals surface area contributed by atoms with Gasteiger partial charge in [-0.15, -0.1) is 0 Å². The van der Waals surface area contributed by atoms with Gasteiger partial charge in [0, 0.05) is 55.1 Å². The number of benzene rings is 2. The van der Waals surface area contributed by atoms with Crippen molar-refractivity contribution in [3.63, 3.8) is 0 Å². The Morgan fingerprint density at radius 1 is 1.06 bits per heavy atom. The lowest BCUT2D eigenvalue weighted by molar-refractivity contribution is -0.131. The van der Waals surface area contributed by atoms with E-state index in [2.05, 4.69) is 20.5 Å². The smallest absolute Gasteiger partial charge is 0.243 e. The van der Waals surface area contributed by atoms with E-state index >= 15 is 0 Å². The molecule has 0 bridgehead atoms. The molecule has 0 saturated carbocycles. The van der Waals surface area contributed by atoms with Crippen LogP contribution < -0.4 is 10.6 Å². The van der Waals surface area contributed by atoms with Crippen molar-refractivity contribution in [1.82, 2.24) is 20.5 Å². The van der Waals surface area contributed by atoms with Gasteiger partial charge in [-0.05, 0) is 42.2 Å². The fourth-order valence-electron chi connectivity index (χ4n) is 4.45. The number of piperidine rings is 1. The van der Waals surface area contributed by atoms with Crippen molar-refractivity contribution in [2.75, 3.05) is 13.1 Å². The molecule has 2 amide bonds. The zero-order valence-electron chi connectivity index (χ0n) is 19.8. The number of carbonyl (C=O) groups is 2. The topological polar surface area (TPSA) is 77.2 Å². The number of rotatable bonds is 8. The summed E-state index contributed by atoms with van der Waals surface area (Å²) < 4.78 is 13.1. The minimum Gasteiger partial charge on any atom is -0.361 e. The van der Waals surface area contributed by atoms with Gasteiger partial charge in [0.1, 0.15) is 11.9 Å². The Morgan fingerprint density at radius 3 is 2.47 bits per heavy atom. The number of H-pyrrole nitrogens is 1. The van der Waals surface area contributed by atoms with Crippen LogP contribution in [-0.2, 0) is 22.6 Å². The molecule has 7 heteroatoms. The van der Waals surface area contributed by atoms with Crippen LogP contribution in [0, 0.1) is 11.7 Å². The van der Waals surface area contributed by atoms with E-state index in [1.165, 1.54) is 12.1 Å². The predicted octanol–water partition coefficient (Wildman–Crippen LogP) is 3.77. The van der Waals surface area contributed by atoms with Crippen molar-refractivity contribution in [2.24, 2.45) is 5.92 Å². The molecule has 1 saturated heterocycles. The molecule has 1 aliphatic heterocycles. The molecule has 0 spiro atoms. The highest BCUT2D eigenvalue weighted by atomic mass is 19.1. The maximum atomic E-state index is 13.3. The van der Waals surface area contributed by atoms with Gasteiger partial charge in [0.2, 0.25) is 11.8 Å². The third-order valence-corrected chi connectivity index (χ3v) is 6.51. The quantitative estimate of drug-likeness (QED) is 0.475. The number of amides is 2. The summed E-state index contributed by atoms with van der Waals surface area (Å²) >= 11 is 0. The molecule has 34 heavy (non-hydrogen) atoms. The van der Waals surface area contributed by atoms with Crippen LogP contribution in [0.25, 0.3) is 10.9 Å². The molecule has 1 fully saturated rings. The first-order valence-corrected chi connectivity index (χ1v) is 12.0. The number of halogens is 1. The third kappa shape index (κ3) is 6.03. The van der Waals surface area contributed by atoms with E-state index in [0.717, 1.165) is 54.5 Å². The molecule has 2 aromatic carbocycles. The van der Waals surface area contributed by atoms with Crippen molar-refractivity contribution >= 4 is 22.7 Å². The summed E-state index contributed by atoms with van der Waals surface area (Å²) in [5.74, 6) is -0.699. The van der Waals surface area contributed by atoms with Crippen molar-refractivity contribution in [3.05, 3.63) is 71.7 Å². The lowest BCUT2D eigenvalue weighted by atomic mass is 10.0. The first-order chi connectivity index (χ1) is 16.4. The standard InChI is InChI=1S/C27H33FN4O2/c1-18(2)26(33)31-25(15-20-16-29-24-6-4-3-5-23(20)24)27(34)30-22-11-13-32(14-12-22)17-19-7-9-21(28)10-8-19/h3-10,16,18,22,25,29H,11-15,17H2,1-2H3,(H,30,34)(H,31,33). The number of hydrogen-bond acceptors (Lipinski definition) is 3. The number of carbonyl (C=O) groups excluding carboxylic acids is 2. The van der Waals surface area contributed by atoms with Gasteiger partial charge in [-0.25, -0.2) is 4.39 Å². The number of nitrogens with zero attached hydrogens (tertiary/aromatic N) is 1. The highest BCUT2D eigenvalue weighted by Gasteiger charge is 2.27. The summed E-state index contributed by atoms with van der Waals surface area (Å²) in [7, 11) is 0. The van der Waals surface area contributed by atoms with Gasteiger partial charge in [0.05, 0.1) is 0 Å². The van der Waals surface area contributed by atoms with Crippen molar-refractivity contribution < 1.29 is 14.0 Å². The molecule has 0 radical (unpaired) electrons. The summed E-state index contributed by atoms with van der Waals surface area (Å²) in [4.78, 5) is 31.3. The molecule has 1 atom stereocenters.